The van der Waals surface area contributed by atoms with Gasteiger partial charge in [-0.2, -0.15) is 0 Å². The van der Waals surface area contributed by atoms with E-state index in [1.807, 2.05) is 0 Å². The quantitative estimate of drug-likeness (QED) is 0.871. The lowest BCUT2D eigenvalue weighted by atomic mass is 9.89. The van der Waals surface area contributed by atoms with Crippen LogP contribution < -0.4 is 5.32 Å². The van der Waals surface area contributed by atoms with Crippen LogP contribution in [0.3, 0.4) is 0 Å². The molecule has 0 spiro atoms. The lowest BCUT2D eigenvalue weighted by Crippen LogP contribution is -2.33. The number of rotatable bonds is 5. The molecule has 104 valence electrons. The van der Waals surface area contributed by atoms with Crippen molar-refractivity contribution < 1.29 is 19.1 Å². The molecular weight excluding hydrogens is 317 g/mol. The summed E-state index contributed by atoms with van der Waals surface area (Å²) in [4.78, 5) is 22.5. The van der Waals surface area contributed by atoms with Crippen molar-refractivity contribution in [1.29, 1.82) is 0 Å². The normalized spacial score (nSPS) is 11.2. The van der Waals surface area contributed by atoms with E-state index in [9.17, 15) is 14.0 Å². The molecule has 1 aromatic rings. The van der Waals surface area contributed by atoms with E-state index in [0.29, 0.717) is 10.0 Å². The second-order valence-electron chi connectivity index (χ2n) is 4.88. The molecule has 0 saturated carbocycles. The van der Waals surface area contributed by atoms with Crippen LogP contribution in [0.1, 0.15) is 25.8 Å². The van der Waals surface area contributed by atoms with E-state index in [1.54, 1.807) is 12.1 Å². The number of hydrogen-bond donors (Lipinski definition) is 2. The van der Waals surface area contributed by atoms with Crippen LogP contribution in [-0.4, -0.2) is 17.0 Å². The predicted molar refractivity (Wildman–Crippen MR) is 72.0 cm³/mol. The lowest BCUT2D eigenvalue weighted by molar-refractivity contribution is -0.149. The molecule has 0 aliphatic carbocycles. The fourth-order valence-electron chi connectivity index (χ4n) is 1.41. The Balaban J connectivity index is 2.60. The van der Waals surface area contributed by atoms with E-state index in [1.165, 1.54) is 19.9 Å². The van der Waals surface area contributed by atoms with Crippen molar-refractivity contribution in [2.24, 2.45) is 5.41 Å². The Kier molecular flexibility index (Phi) is 5.05. The average Bonchev–Trinajstić information content (AvgIpc) is 2.29. The Morgan fingerprint density at radius 1 is 1.42 bits per heavy atom. The van der Waals surface area contributed by atoms with Gasteiger partial charge < -0.3 is 10.4 Å². The van der Waals surface area contributed by atoms with E-state index in [2.05, 4.69) is 21.2 Å². The number of benzene rings is 1. The summed E-state index contributed by atoms with van der Waals surface area (Å²) >= 11 is 3.21. The first-order chi connectivity index (χ1) is 8.72. The maximum absolute atomic E-state index is 13.4. The largest absolute Gasteiger partial charge is 0.481 e. The number of amides is 1. The standard InChI is InChI=1S/C13H15BrFNO3/c1-13(2,12(18)19)6-11(17)16-7-8-5-9(14)3-4-10(8)15/h3-5H,6-7H2,1-2H3,(H,16,17)(H,18,19). The monoisotopic (exact) mass is 331 g/mol. The summed E-state index contributed by atoms with van der Waals surface area (Å²) in [6.45, 7) is 2.96. The first-order valence-corrected chi connectivity index (χ1v) is 6.46. The molecule has 2 N–H and O–H groups in total. The second kappa shape index (κ2) is 6.14. The van der Waals surface area contributed by atoms with Gasteiger partial charge in [0.05, 0.1) is 5.41 Å². The molecule has 4 nitrogen and oxygen atoms in total. The number of carbonyl (C=O) groups excluding carboxylic acids is 1. The molecule has 0 radical (unpaired) electrons. The second-order valence-corrected chi connectivity index (χ2v) is 5.79. The molecule has 0 bridgehead atoms. The molecule has 0 heterocycles. The third kappa shape index (κ3) is 4.63. The Morgan fingerprint density at radius 3 is 2.63 bits per heavy atom. The first-order valence-electron chi connectivity index (χ1n) is 5.66. The van der Waals surface area contributed by atoms with Gasteiger partial charge in [-0.1, -0.05) is 15.9 Å². The van der Waals surface area contributed by atoms with E-state index in [-0.39, 0.29) is 13.0 Å². The zero-order valence-corrected chi connectivity index (χ0v) is 12.3. The molecule has 0 saturated heterocycles. The van der Waals surface area contributed by atoms with Crippen LogP contribution in [-0.2, 0) is 16.1 Å². The molecule has 0 atom stereocenters. The summed E-state index contributed by atoms with van der Waals surface area (Å²) in [5.41, 5.74) is -0.796. The Hall–Kier alpha value is -1.43. The highest BCUT2D eigenvalue weighted by Gasteiger charge is 2.29. The number of carboxylic acids is 1. The van der Waals surface area contributed by atoms with Gasteiger partial charge in [0.2, 0.25) is 5.91 Å². The summed E-state index contributed by atoms with van der Waals surface area (Å²) in [6, 6.07) is 4.43. The predicted octanol–water partition coefficient (Wildman–Crippen LogP) is 2.71. The maximum atomic E-state index is 13.4. The summed E-state index contributed by atoms with van der Waals surface area (Å²) in [5.74, 6) is -1.89. The van der Waals surface area contributed by atoms with Gasteiger partial charge >= 0.3 is 5.97 Å². The SMILES string of the molecule is CC(C)(CC(=O)NCc1cc(Br)ccc1F)C(=O)O. The van der Waals surface area contributed by atoms with Crippen LogP contribution in [0.25, 0.3) is 0 Å². The smallest absolute Gasteiger partial charge is 0.309 e. The number of carbonyl (C=O) groups is 2. The van der Waals surface area contributed by atoms with Gasteiger partial charge in [-0.05, 0) is 32.0 Å². The van der Waals surface area contributed by atoms with Gasteiger partial charge in [-0.15, -0.1) is 0 Å². The van der Waals surface area contributed by atoms with Gasteiger partial charge in [0, 0.05) is 23.0 Å². The molecule has 0 fully saturated rings. The third-order valence-electron chi connectivity index (χ3n) is 2.67. The highest BCUT2D eigenvalue weighted by atomic mass is 79.9. The third-order valence-corrected chi connectivity index (χ3v) is 3.16. The van der Waals surface area contributed by atoms with Crippen LogP contribution >= 0.6 is 15.9 Å². The maximum Gasteiger partial charge on any atom is 0.309 e. The van der Waals surface area contributed by atoms with E-state index in [4.69, 9.17) is 5.11 Å². The van der Waals surface area contributed by atoms with Crippen molar-refractivity contribution in [1.82, 2.24) is 5.32 Å². The number of halogens is 2. The zero-order valence-electron chi connectivity index (χ0n) is 10.7. The Morgan fingerprint density at radius 2 is 2.05 bits per heavy atom. The van der Waals surface area contributed by atoms with Gasteiger partial charge in [-0.3, -0.25) is 9.59 Å². The minimum Gasteiger partial charge on any atom is -0.481 e. The summed E-state index contributed by atoms with van der Waals surface area (Å²) in [7, 11) is 0. The van der Waals surface area contributed by atoms with Crippen molar-refractivity contribution in [2.75, 3.05) is 0 Å². The molecule has 1 rings (SSSR count). The van der Waals surface area contributed by atoms with Gasteiger partial charge in [0.1, 0.15) is 5.82 Å². The van der Waals surface area contributed by atoms with Crippen molar-refractivity contribution in [3.05, 3.63) is 34.1 Å². The highest BCUT2D eigenvalue weighted by molar-refractivity contribution is 9.10. The number of nitrogens with one attached hydrogen (secondary N) is 1. The van der Waals surface area contributed by atoms with E-state index >= 15 is 0 Å². The van der Waals surface area contributed by atoms with E-state index < -0.39 is 23.1 Å². The van der Waals surface area contributed by atoms with Crippen molar-refractivity contribution in [3.8, 4) is 0 Å². The highest BCUT2D eigenvalue weighted by Crippen LogP contribution is 2.20. The molecule has 0 unspecified atom stereocenters. The molecule has 1 aromatic carbocycles. The first kappa shape index (κ1) is 15.6. The van der Waals surface area contributed by atoms with Crippen LogP contribution in [0.15, 0.2) is 22.7 Å². The number of hydrogen-bond acceptors (Lipinski definition) is 2. The van der Waals surface area contributed by atoms with Gasteiger partial charge in [0.25, 0.3) is 0 Å². The van der Waals surface area contributed by atoms with Crippen molar-refractivity contribution in [2.45, 2.75) is 26.8 Å². The number of carboxylic acid groups (broad SMARTS) is 1. The molecule has 1 amide bonds. The molecular formula is C13H15BrFNO3. The average molecular weight is 332 g/mol. The van der Waals surface area contributed by atoms with Crippen molar-refractivity contribution >= 4 is 27.8 Å². The number of aliphatic carboxylic acids is 1. The summed E-state index contributed by atoms with van der Waals surface area (Å²) in [6.07, 6.45) is -0.155. The summed E-state index contributed by atoms with van der Waals surface area (Å²) < 4.78 is 14.1. The fraction of sp³-hybridized carbons (Fsp3) is 0.385. The zero-order chi connectivity index (χ0) is 14.6. The van der Waals surface area contributed by atoms with Crippen LogP contribution in [0.4, 0.5) is 4.39 Å². The van der Waals surface area contributed by atoms with Gasteiger partial charge in [-0.25, -0.2) is 4.39 Å². The van der Waals surface area contributed by atoms with Crippen molar-refractivity contribution in [3.63, 3.8) is 0 Å². The molecule has 19 heavy (non-hydrogen) atoms. The molecule has 0 aliphatic rings. The Bertz CT molecular complexity index is 503. The molecule has 0 aliphatic heterocycles. The molecule has 6 heteroatoms. The Labute approximate surface area is 119 Å². The van der Waals surface area contributed by atoms with Crippen LogP contribution in [0.5, 0.6) is 0 Å². The van der Waals surface area contributed by atoms with E-state index in [0.717, 1.165) is 0 Å². The fourth-order valence-corrected chi connectivity index (χ4v) is 1.82. The van der Waals surface area contributed by atoms with Gasteiger partial charge in [0.15, 0.2) is 0 Å². The summed E-state index contributed by atoms with van der Waals surface area (Å²) in [5, 5.41) is 11.4. The topological polar surface area (TPSA) is 66.4 Å². The lowest BCUT2D eigenvalue weighted by Gasteiger charge is -2.18. The van der Waals surface area contributed by atoms with Crippen LogP contribution in [0, 0.1) is 11.2 Å². The minimum absolute atomic E-state index is 0.0276. The van der Waals surface area contributed by atoms with Crippen LogP contribution in [0.2, 0.25) is 0 Å². The molecule has 0 aromatic heterocycles. The minimum atomic E-state index is -1.14.